The van der Waals surface area contributed by atoms with Gasteiger partial charge in [-0.15, -0.1) is 0 Å². The van der Waals surface area contributed by atoms with E-state index in [4.69, 9.17) is 4.42 Å². The molecule has 1 aromatic rings. The zero-order chi connectivity index (χ0) is 11.5. The summed E-state index contributed by atoms with van der Waals surface area (Å²) in [5.74, 6) is 0.915. The molecule has 3 rings (SSSR count). The molecule has 0 radical (unpaired) electrons. The lowest BCUT2D eigenvalue weighted by Gasteiger charge is -2.34. The Bertz CT molecular complexity index is 322. The van der Waals surface area contributed by atoms with Crippen LogP contribution < -0.4 is 5.32 Å². The number of likely N-dealkylation sites (tertiary alicyclic amines) is 1. The molecule has 0 aromatic carbocycles. The van der Waals surface area contributed by atoms with Gasteiger partial charge in [0.05, 0.1) is 12.5 Å². The fourth-order valence-electron chi connectivity index (χ4n) is 3.27. The monoisotopic (exact) mass is 234 g/mol. The average Bonchev–Trinajstić information content (AvgIpc) is 3.01. The van der Waals surface area contributed by atoms with Crippen molar-refractivity contribution >= 4 is 0 Å². The maximum Gasteiger partial charge on any atom is 0.0947 e. The van der Waals surface area contributed by atoms with Crippen LogP contribution in [0.3, 0.4) is 0 Å². The quantitative estimate of drug-likeness (QED) is 0.869. The predicted octanol–water partition coefficient (Wildman–Crippen LogP) is 2.24. The highest BCUT2D eigenvalue weighted by molar-refractivity contribution is 5.05. The molecule has 17 heavy (non-hydrogen) atoms. The highest BCUT2D eigenvalue weighted by Crippen LogP contribution is 2.26. The van der Waals surface area contributed by atoms with Crippen molar-refractivity contribution in [3.8, 4) is 0 Å². The summed E-state index contributed by atoms with van der Waals surface area (Å²) in [4.78, 5) is 2.55. The van der Waals surface area contributed by atoms with E-state index in [1.54, 1.807) is 6.26 Å². The van der Waals surface area contributed by atoms with Gasteiger partial charge in [-0.3, -0.25) is 4.90 Å². The van der Waals surface area contributed by atoms with Crippen LogP contribution in [0.1, 0.15) is 31.2 Å². The topological polar surface area (TPSA) is 28.4 Å². The minimum Gasteiger partial charge on any atom is -0.472 e. The van der Waals surface area contributed by atoms with E-state index in [0.29, 0.717) is 0 Å². The molecule has 2 fully saturated rings. The molecule has 2 aliphatic heterocycles. The Morgan fingerprint density at radius 1 is 1.29 bits per heavy atom. The molecule has 1 aromatic heterocycles. The highest BCUT2D eigenvalue weighted by Gasteiger charge is 2.28. The Morgan fingerprint density at radius 2 is 2.18 bits per heavy atom. The van der Waals surface area contributed by atoms with Gasteiger partial charge >= 0.3 is 0 Å². The van der Waals surface area contributed by atoms with Gasteiger partial charge in [0.25, 0.3) is 0 Å². The molecule has 0 amide bonds. The molecular weight excluding hydrogens is 212 g/mol. The fourth-order valence-corrected chi connectivity index (χ4v) is 3.27. The molecular formula is C14H22N2O. The van der Waals surface area contributed by atoms with E-state index in [2.05, 4.69) is 16.3 Å². The number of piperidine rings is 1. The zero-order valence-corrected chi connectivity index (χ0v) is 10.4. The van der Waals surface area contributed by atoms with E-state index in [1.807, 2.05) is 6.26 Å². The van der Waals surface area contributed by atoms with Crippen LogP contribution in [0.25, 0.3) is 0 Å². The average molecular weight is 234 g/mol. The molecule has 1 unspecified atom stereocenters. The van der Waals surface area contributed by atoms with E-state index in [0.717, 1.165) is 18.5 Å². The Hall–Kier alpha value is -0.800. The summed E-state index contributed by atoms with van der Waals surface area (Å²) in [6.45, 7) is 4.78. The van der Waals surface area contributed by atoms with Gasteiger partial charge in [0.15, 0.2) is 0 Å². The first-order valence-corrected chi connectivity index (χ1v) is 6.88. The number of nitrogens with zero attached hydrogens (tertiary/aromatic N) is 1. The smallest absolute Gasteiger partial charge is 0.0947 e. The van der Waals surface area contributed by atoms with Gasteiger partial charge in [0.1, 0.15) is 0 Å². The van der Waals surface area contributed by atoms with Crippen LogP contribution in [0.5, 0.6) is 0 Å². The van der Waals surface area contributed by atoms with Crippen LogP contribution >= 0.6 is 0 Å². The number of hydrogen-bond acceptors (Lipinski definition) is 3. The second kappa shape index (κ2) is 5.23. The van der Waals surface area contributed by atoms with Crippen molar-refractivity contribution in [2.45, 2.75) is 38.3 Å². The van der Waals surface area contributed by atoms with Crippen molar-refractivity contribution in [3.63, 3.8) is 0 Å². The van der Waals surface area contributed by atoms with E-state index in [9.17, 15) is 0 Å². The number of rotatable bonds is 3. The molecule has 2 saturated heterocycles. The molecule has 1 atom stereocenters. The van der Waals surface area contributed by atoms with Crippen LogP contribution in [0.15, 0.2) is 23.0 Å². The Balaban J connectivity index is 1.47. The van der Waals surface area contributed by atoms with Crippen molar-refractivity contribution in [2.75, 3.05) is 19.6 Å². The van der Waals surface area contributed by atoms with Crippen LogP contribution in [-0.2, 0) is 6.54 Å². The maximum atomic E-state index is 5.12. The summed E-state index contributed by atoms with van der Waals surface area (Å²) < 4.78 is 5.12. The first-order valence-electron chi connectivity index (χ1n) is 6.88. The van der Waals surface area contributed by atoms with Gasteiger partial charge in [-0.2, -0.15) is 0 Å². The van der Waals surface area contributed by atoms with Gasteiger partial charge in [-0.05, 0) is 57.3 Å². The fraction of sp³-hybridized carbons (Fsp3) is 0.714. The number of nitrogens with one attached hydrogen (secondary N) is 1. The lowest BCUT2D eigenvalue weighted by atomic mass is 9.88. The predicted molar refractivity (Wildman–Crippen MR) is 67.7 cm³/mol. The lowest BCUT2D eigenvalue weighted by Crippen LogP contribution is -2.40. The van der Waals surface area contributed by atoms with Crippen molar-refractivity contribution < 1.29 is 4.42 Å². The molecule has 94 valence electrons. The van der Waals surface area contributed by atoms with E-state index in [1.165, 1.54) is 50.9 Å². The zero-order valence-electron chi connectivity index (χ0n) is 10.4. The normalized spacial score (nSPS) is 27.6. The van der Waals surface area contributed by atoms with Crippen molar-refractivity contribution in [1.29, 1.82) is 0 Å². The molecule has 0 aliphatic carbocycles. The van der Waals surface area contributed by atoms with Crippen molar-refractivity contribution in [3.05, 3.63) is 24.2 Å². The van der Waals surface area contributed by atoms with E-state index in [-0.39, 0.29) is 0 Å². The van der Waals surface area contributed by atoms with Gasteiger partial charge in [-0.25, -0.2) is 0 Å². The summed E-state index contributed by atoms with van der Waals surface area (Å²) >= 11 is 0. The summed E-state index contributed by atoms with van der Waals surface area (Å²) in [6, 6.07) is 2.89. The molecule has 3 heterocycles. The standard InChI is InChI=1S/C14H22N2O/c1-2-14(15-6-1)13-3-7-16(8-4-13)10-12-5-9-17-11-12/h5,9,11,13-15H,1-4,6-8,10H2. The Kier molecular flexibility index (Phi) is 3.48. The third-order valence-electron chi connectivity index (χ3n) is 4.29. The molecule has 3 heteroatoms. The summed E-state index contributed by atoms with van der Waals surface area (Å²) in [6.07, 6.45) is 9.12. The van der Waals surface area contributed by atoms with Gasteiger partial charge in [0, 0.05) is 18.2 Å². The van der Waals surface area contributed by atoms with Crippen molar-refractivity contribution in [2.24, 2.45) is 5.92 Å². The highest BCUT2D eigenvalue weighted by atomic mass is 16.3. The van der Waals surface area contributed by atoms with Crippen LogP contribution in [0, 0.1) is 5.92 Å². The summed E-state index contributed by atoms with van der Waals surface area (Å²) in [7, 11) is 0. The SMILES string of the molecule is c1cc(CN2CCC(C3CCCN3)CC2)co1. The maximum absolute atomic E-state index is 5.12. The molecule has 1 N–H and O–H groups in total. The molecule has 3 nitrogen and oxygen atoms in total. The summed E-state index contributed by atoms with van der Waals surface area (Å²) in [5.41, 5.74) is 1.31. The largest absolute Gasteiger partial charge is 0.472 e. The van der Waals surface area contributed by atoms with Gasteiger partial charge < -0.3 is 9.73 Å². The van der Waals surface area contributed by atoms with E-state index >= 15 is 0 Å². The van der Waals surface area contributed by atoms with Crippen molar-refractivity contribution in [1.82, 2.24) is 10.2 Å². The minimum absolute atomic E-state index is 0.811. The number of furan rings is 1. The second-order valence-corrected chi connectivity index (χ2v) is 5.45. The first-order chi connectivity index (χ1) is 8.42. The van der Waals surface area contributed by atoms with Crippen LogP contribution in [-0.4, -0.2) is 30.6 Å². The third-order valence-corrected chi connectivity index (χ3v) is 4.29. The van der Waals surface area contributed by atoms with E-state index < -0.39 is 0 Å². The lowest BCUT2D eigenvalue weighted by molar-refractivity contribution is 0.157. The molecule has 0 spiro atoms. The van der Waals surface area contributed by atoms with Crippen LogP contribution in [0.4, 0.5) is 0 Å². The van der Waals surface area contributed by atoms with Gasteiger partial charge in [0.2, 0.25) is 0 Å². The molecule has 0 bridgehead atoms. The minimum atomic E-state index is 0.811. The molecule has 0 saturated carbocycles. The molecule has 2 aliphatic rings. The Labute approximate surface area is 103 Å². The van der Waals surface area contributed by atoms with Gasteiger partial charge in [-0.1, -0.05) is 0 Å². The van der Waals surface area contributed by atoms with Crippen LogP contribution in [0.2, 0.25) is 0 Å². The number of hydrogen-bond donors (Lipinski definition) is 1. The second-order valence-electron chi connectivity index (χ2n) is 5.45. The summed E-state index contributed by atoms with van der Waals surface area (Å²) in [5, 5.41) is 3.65. The third kappa shape index (κ3) is 2.72. The Morgan fingerprint density at radius 3 is 2.82 bits per heavy atom. The first kappa shape index (κ1) is 11.3.